The topological polar surface area (TPSA) is 24.4 Å². The molecule has 2 nitrogen and oxygen atoms in total. The maximum Gasteiger partial charge on any atom is 0.0644 e. The van der Waals surface area contributed by atoms with E-state index in [1.807, 2.05) is 25.7 Å². The van der Waals surface area contributed by atoms with Gasteiger partial charge in [0.05, 0.1) is 5.71 Å². The zero-order valence-electron chi connectivity index (χ0n) is 13.8. The van der Waals surface area contributed by atoms with Gasteiger partial charge in [-0.15, -0.1) is 11.8 Å². The SMILES string of the molecule is CCCCCCCCCSc1ccc(/C(C)=N/NC)cc1. The van der Waals surface area contributed by atoms with Crippen LogP contribution in [0.1, 0.15) is 64.4 Å². The summed E-state index contributed by atoms with van der Waals surface area (Å²) in [7, 11) is 1.83. The second kappa shape index (κ2) is 11.7. The molecule has 0 atom stereocenters. The van der Waals surface area contributed by atoms with Crippen LogP contribution in [0.2, 0.25) is 0 Å². The summed E-state index contributed by atoms with van der Waals surface area (Å²) in [6.45, 7) is 4.30. The van der Waals surface area contributed by atoms with Crippen LogP contribution >= 0.6 is 11.8 Å². The van der Waals surface area contributed by atoms with Gasteiger partial charge in [0.25, 0.3) is 0 Å². The molecule has 0 bridgehead atoms. The average molecular weight is 307 g/mol. The molecule has 0 fully saturated rings. The molecular formula is C18H30N2S. The third-order valence-electron chi connectivity index (χ3n) is 3.57. The molecule has 3 heteroatoms. The number of hydrogen-bond acceptors (Lipinski definition) is 3. The van der Waals surface area contributed by atoms with Crippen molar-refractivity contribution in [1.29, 1.82) is 0 Å². The predicted octanol–water partition coefficient (Wildman–Crippen LogP) is 5.47. The van der Waals surface area contributed by atoms with Gasteiger partial charge in [-0.1, -0.05) is 57.6 Å². The van der Waals surface area contributed by atoms with E-state index in [2.05, 4.69) is 41.7 Å². The standard InChI is InChI=1S/C18H30N2S/c1-4-5-6-7-8-9-10-15-21-18-13-11-17(12-14-18)16(2)20-19-3/h11-14,19H,4-10,15H2,1-3H3/b20-16+. The van der Waals surface area contributed by atoms with Crippen LogP contribution < -0.4 is 5.43 Å². The van der Waals surface area contributed by atoms with E-state index in [0.29, 0.717) is 0 Å². The van der Waals surface area contributed by atoms with E-state index < -0.39 is 0 Å². The zero-order chi connectivity index (χ0) is 15.3. The molecule has 1 N–H and O–H groups in total. The predicted molar refractivity (Wildman–Crippen MR) is 96.4 cm³/mol. The first kappa shape index (κ1) is 18.1. The molecule has 1 aromatic rings. The number of nitrogens with zero attached hydrogens (tertiary/aromatic N) is 1. The van der Waals surface area contributed by atoms with E-state index in [-0.39, 0.29) is 0 Å². The van der Waals surface area contributed by atoms with E-state index in [9.17, 15) is 0 Å². The fourth-order valence-corrected chi connectivity index (χ4v) is 3.19. The number of unbranched alkanes of at least 4 members (excludes halogenated alkanes) is 6. The minimum absolute atomic E-state index is 1.03. The van der Waals surface area contributed by atoms with Crippen LogP contribution in [0.3, 0.4) is 0 Å². The first-order chi connectivity index (χ1) is 10.3. The van der Waals surface area contributed by atoms with E-state index in [1.54, 1.807) is 0 Å². The summed E-state index contributed by atoms with van der Waals surface area (Å²) in [4.78, 5) is 1.36. The van der Waals surface area contributed by atoms with Gasteiger partial charge in [0, 0.05) is 11.9 Å². The largest absolute Gasteiger partial charge is 0.313 e. The molecular weight excluding hydrogens is 276 g/mol. The van der Waals surface area contributed by atoms with Crippen molar-refractivity contribution in [1.82, 2.24) is 5.43 Å². The molecule has 0 radical (unpaired) electrons. The molecule has 0 heterocycles. The van der Waals surface area contributed by atoms with E-state index in [0.717, 1.165) is 5.71 Å². The highest BCUT2D eigenvalue weighted by Crippen LogP contribution is 2.20. The minimum atomic E-state index is 1.03. The van der Waals surface area contributed by atoms with Gasteiger partial charge < -0.3 is 5.43 Å². The number of thioether (sulfide) groups is 1. The molecule has 118 valence electrons. The van der Waals surface area contributed by atoms with Gasteiger partial charge in [-0.05, 0) is 36.8 Å². The van der Waals surface area contributed by atoms with Crippen LogP contribution in [0, 0.1) is 0 Å². The van der Waals surface area contributed by atoms with Crippen molar-refractivity contribution < 1.29 is 0 Å². The second-order valence-corrected chi connectivity index (χ2v) is 6.58. The number of hydrazone groups is 1. The van der Waals surface area contributed by atoms with Gasteiger partial charge in [0.1, 0.15) is 0 Å². The monoisotopic (exact) mass is 306 g/mol. The fourth-order valence-electron chi connectivity index (χ4n) is 2.27. The lowest BCUT2D eigenvalue weighted by atomic mass is 10.1. The summed E-state index contributed by atoms with van der Waals surface area (Å²) in [6.07, 6.45) is 9.68. The molecule has 1 rings (SSSR count). The highest BCUT2D eigenvalue weighted by molar-refractivity contribution is 7.99. The van der Waals surface area contributed by atoms with Gasteiger partial charge >= 0.3 is 0 Å². The minimum Gasteiger partial charge on any atom is -0.313 e. The fraction of sp³-hybridized carbons (Fsp3) is 0.611. The summed E-state index contributed by atoms with van der Waals surface area (Å²) in [5.74, 6) is 1.23. The Labute approximate surface area is 134 Å². The molecule has 0 unspecified atom stereocenters. The first-order valence-corrected chi connectivity index (χ1v) is 9.20. The van der Waals surface area contributed by atoms with Crippen LogP contribution in [-0.2, 0) is 0 Å². The molecule has 0 aliphatic carbocycles. The molecule has 21 heavy (non-hydrogen) atoms. The summed E-state index contributed by atoms with van der Waals surface area (Å²) < 4.78 is 0. The van der Waals surface area contributed by atoms with Crippen LogP contribution in [0.5, 0.6) is 0 Å². The number of hydrogen-bond donors (Lipinski definition) is 1. The Morgan fingerprint density at radius 3 is 2.24 bits per heavy atom. The number of rotatable bonds is 11. The lowest BCUT2D eigenvalue weighted by Crippen LogP contribution is -2.02. The lowest BCUT2D eigenvalue weighted by Gasteiger charge is -2.04. The van der Waals surface area contributed by atoms with E-state index in [1.165, 1.54) is 61.2 Å². The van der Waals surface area contributed by atoms with Crippen LogP contribution in [0.4, 0.5) is 0 Å². The summed E-state index contributed by atoms with van der Waals surface area (Å²) >= 11 is 1.97. The van der Waals surface area contributed by atoms with Crippen LogP contribution in [0.15, 0.2) is 34.3 Å². The van der Waals surface area contributed by atoms with Crippen LogP contribution in [0.25, 0.3) is 0 Å². The maximum atomic E-state index is 4.20. The molecule has 1 aromatic carbocycles. The summed E-state index contributed by atoms with van der Waals surface area (Å²) in [5, 5.41) is 4.20. The van der Waals surface area contributed by atoms with Crippen molar-refractivity contribution in [2.24, 2.45) is 5.10 Å². The summed E-state index contributed by atoms with van der Waals surface area (Å²) in [5.41, 5.74) is 5.04. The smallest absolute Gasteiger partial charge is 0.0644 e. The Bertz CT molecular complexity index is 398. The van der Waals surface area contributed by atoms with Crippen molar-refractivity contribution in [3.63, 3.8) is 0 Å². The molecule has 0 saturated carbocycles. The molecule has 0 aromatic heterocycles. The second-order valence-electron chi connectivity index (χ2n) is 5.41. The lowest BCUT2D eigenvalue weighted by molar-refractivity contribution is 0.603. The Hall–Kier alpha value is -0.960. The number of nitrogens with one attached hydrogen (secondary N) is 1. The molecule has 0 aliphatic heterocycles. The van der Waals surface area contributed by atoms with Crippen molar-refractivity contribution in [3.05, 3.63) is 29.8 Å². The summed E-state index contributed by atoms with van der Waals surface area (Å²) in [6, 6.07) is 8.72. The molecule has 0 spiro atoms. The number of benzene rings is 1. The third-order valence-corrected chi connectivity index (χ3v) is 4.67. The maximum absolute atomic E-state index is 4.20. The van der Waals surface area contributed by atoms with Gasteiger partial charge in [0.15, 0.2) is 0 Å². The van der Waals surface area contributed by atoms with Crippen molar-refractivity contribution in [2.75, 3.05) is 12.8 Å². The molecule has 0 amide bonds. The van der Waals surface area contributed by atoms with Gasteiger partial charge in [-0.25, -0.2) is 0 Å². The van der Waals surface area contributed by atoms with Crippen LogP contribution in [-0.4, -0.2) is 18.5 Å². The van der Waals surface area contributed by atoms with Gasteiger partial charge in [-0.2, -0.15) is 5.10 Å². The van der Waals surface area contributed by atoms with E-state index in [4.69, 9.17) is 0 Å². The highest BCUT2D eigenvalue weighted by Gasteiger charge is 1.99. The zero-order valence-corrected chi connectivity index (χ0v) is 14.6. The van der Waals surface area contributed by atoms with Gasteiger partial charge in [0.2, 0.25) is 0 Å². The first-order valence-electron chi connectivity index (χ1n) is 8.22. The Balaban J connectivity index is 2.17. The average Bonchev–Trinajstić information content (AvgIpc) is 2.51. The van der Waals surface area contributed by atoms with Crippen molar-refractivity contribution >= 4 is 17.5 Å². The molecule has 0 aliphatic rings. The van der Waals surface area contributed by atoms with Gasteiger partial charge in [-0.3, -0.25) is 0 Å². The molecule has 0 saturated heterocycles. The van der Waals surface area contributed by atoms with Crippen molar-refractivity contribution in [2.45, 2.75) is 63.7 Å². The Kier molecular flexibility index (Phi) is 10.1. The highest BCUT2D eigenvalue weighted by atomic mass is 32.2. The Morgan fingerprint density at radius 1 is 1.00 bits per heavy atom. The van der Waals surface area contributed by atoms with E-state index >= 15 is 0 Å². The third kappa shape index (κ3) is 8.15. The quantitative estimate of drug-likeness (QED) is 0.254. The normalized spacial score (nSPS) is 11.7. The van der Waals surface area contributed by atoms with Crippen molar-refractivity contribution in [3.8, 4) is 0 Å². The Morgan fingerprint density at radius 2 is 1.62 bits per heavy atom.